The van der Waals surface area contributed by atoms with Crippen LogP contribution in [0.25, 0.3) is 0 Å². The Balaban J connectivity index is 2.50. The predicted molar refractivity (Wildman–Crippen MR) is 77.5 cm³/mol. The summed E-state index contributed by atoms with van der Waals surface area (Å²) in [7, 11) is 0. The third-order valence-corrected chi connectivity index (χ3v) is 3.64. The molecule has 3 N–H and O–H groups in total. The van der Waals surface area contributed by atoms with Crippen LogP contribution < -0.4 is 11.1 Å². The van der Waals surface area contributed by atoms with Crippen LogP contribution in [0.15, 0.2) is 12.1 Å². The number of hydrogen-bond acceptors (Lipinski definition) is 4. The Hall–Kier alpha value is -1.78. The summed E-state index contributed by atoms with van der Waals surface area (Å²) in [6.45, 7) is 8.09. The standard InChI is InChI=1S/C14H21N3O2/c1-13(2,3)9-7-10(15)12(11(8-9)17(18)19)16-14(4)5-6-14/h7-8,16H,5-6,15H2,1-4H3. The van der Waals surface area contributed by atoms with Gasteiger partial charge in [0.05, 0.1) is 10.6 Å². The molecule has 1 fully saturated rings. The third kappa shape index (κ3) is 2.80. The molecule has 0 heterocycles. The fourth-order valence-electron chi connectivity index (χ4n) is 1.98. The molecule has 1 aromatic carbocycles. The van der Waals surface area contributed by atoms with Gasteiger partial charge in [-0.25, -0.2) is 0 Å². The average Bonchev–Trinajstić information content (AvgIpc) is 2.97. The molecule has 1 aromatic rings. The second-order valence-corrected chi connectivity index (χ2v) is 6.65. The van der Waals surface area contributed by atoms with Gasteiger partial charge in [-0.15, -0.1) is 0 Å². The molecule has 0 unspecified atom stereocenters. The van der Waals surface area contributed by atoms with E-state index in [0.717, 1.165) is 18.4 Å². The van der Waals surface area contributed by atoms with E-state index in [4.69, 9.17) is 5.73 Å². The molecule has 5 heteroatoms. The highest BCUT2D eigenvalue weighted by molar-refractivity contribution is 5.79. The van der Waals surface area contributed by atoms with E-state index in [0.29, 0.717) is 11.4 Å². The number of nitrogens with one attached hydrogen (secondary N) is 1. The van der Waals surface area contributed by atoms with Crippen molar-refractivity contribution in [3.63, 3.8) is 0 Å². The Bertz CT molecular complexity index is 528. The summed E-state index contributed by atoms with van der Waals surface area (Å²) in [6.07, 6.45) is 2.04. The van der Waals surface area contributed by atoms with Crippen molar-refractivity contribution in [2.45, 2.75) is 51.5 Å². The summed E-state index contributed by atoms with van der Waals surface area (Å²) in [5.41, 5.74) is 7.67. The first-order valence-corrected chi connectivity index (χ1v) is 6.49. The van der Waals surface area contributed by atoms with E-state index < -0.39 is 0 Å². The normalized spacial score (nSPS) is 17.1. The number of nitrogens with two attached hydrogens (primary N) is 1. The molecule has 5 nitrogen and oxygen atoms in total. The lowest BCUT2D eigenvalue weighted by Crippen LogP contribution is -2.19. The summed E-state index contributed by atoms with van der Waals surface area (Å²) in [5.74, 6) is 0. The minimum Gasteiger partial charge on any atom is -0.397 e. The molecule has 0 spiro atoms. The first-order valence-electron chi connectivity index (χ1n) is 6.49. The van der Waals surface area contributed by atoms with Crippen LogP contribution in [0, 0.1) is 10.1 Å². The van der Waals surface area contributed by atoms with Gasteiger partial charge >= 0.3 is 0 Å². The topological polar surface area (TPSA) is 81.2 Å². The fraction of sp³-hybridized carbons (Fsp3) is 0.571. The maximum absolute atomic E-state index is 11.3. The second-order valence-electron chi connectivity index (χ2n) is 6.65. The van der Waals surface area contributed by atoms with E-state index in [1.807, 2.05) is 33.8 Å². The van der Waals surface area contributed by atoms with Gasteiger partial charge in [-0.05, 0) is 36.8 Å². The fourth-order valence-corrected chi connectivity index (χ4v) is 1.98. The Kier molecular flexibility index (Phi) is 2.96. The Morgan fingerprint density at radius 1 is 1.37 bits per heavy atom. The summed E-state index contributed by atoms with van der Waals surface area (Å²) in [5, 5.41) is 14.5. The Morgan fingerprint density at radius 3 is 2.37 bits per heavy atom. The van der Waals surface area contributed by atoms with Gasteiger partial charge in [0.25, 0.3) is 5.69 Å². The summed E-state index contributed by atoms with van der Waals surface area (Å²) >= 11 is 0. The van der Waals surface area contributed by atoms with E-state index in [1.165, 1.54) is 0 Å². The van der Waals surface area contributed by atoms with Gasteiger partial charge in [0.15, 0.2) is 0 Å². The molecule has 104 valence electrons. The number of hydrogen-bond donors (Lipinski definition) is 2. The molecule has 0 radical (unpaired) electrons. The zero-order valence-corrected chi connectivity index (χ0v) is 11.9. The predicted octanol–water partition coefficient (Wildman–Crippen LogP) is 3.44. The average molecular weight is 263 g/mol. The van der Waals surface area contributed by atoms with Crippen LogP contribution in [0.2, 0.25) is 0 Å². The van der Waals surface area contributed by atoms with Gasteiger partial charge < -0.3 is 11.1 Å². The highest BCUT2D eigenvalue weighted by atomic mass is 16.6. The van der Waals surface area contributed by atoms with Crippen molar-refractivity contribution in [2.75, 3.05) is 11.1 Å². The SMILES string of the molecule is CC1(Nc2c(N)cc(C(C)(C)C)cc2[N+](=O)[O-])CC1. The number of anilines is 2. The van der Waals surface area contributed by atoms with Gasteiger partial charge in [-0.1, -0.05) is 20.8 Å². The maximum Gasteiger partial charge on any atom is 0.294 e. The molecule has 2 rings (SSSR count). The van der Waals surface area contributed by atoms with Crippen LogP contribution in [0.4, 0.5) is 17.1 Å². The number of benzene rings is 1. The molecule has 0 amide bonds. The minimum absolute atomic E-state index is 0.0396. The van der Waals surface area contributed by atoms with E-state index in [9.17, 15) is 10.1 Å². The Morgan fingerprint density at radius 2 is 1.95 bits per heavy atom. The number of nitrogen functional groups attached to an aromatic ring is 1. The lowest BCUT2D eigenvalue weighted by atomic mass is 9.86. The van der Waals surface area contributed by atoms with E-state index in [1.54, 1.807) is 6.07 Å². The molecule has 1 aliphatic carbocycles. The summed E-state index contributed by atoms with van der Waals surface area (Å²) in [6, 6.07) is 3.46. The quantitative estimate of drug-likeness (QED) is 0.497. The molecule has 0 aliphatic heterocycles. The van der Waals surface area contributed by atoms with Gasteiger partial charge in [-0.3, -0.25) is 10.1 Å². The molecule has 1 saturated carbocycles. The molecule has 0 bridgehead atoms. The van der Waals surface area contributed by atoms with E-state index in [2.05, 4.69) is 5.32 Å². The van der Waals surface area contributed by atoms with Gasteiger partial charge in [0.2, 0.25) is 0 Å². The van der Waals surface area contributed by atoms with Crippen molar-refractivity contribution in [1.29, 1.82) is 0 Å². The van der Waals surface area contributed by atoms with Crippen LogP contribution in [0.3, 0.4) is 0 Å². The molecular weight excluding hydrogens is 242 g/mol. The summed E-state index contributed by atoms with van der Waals surface area (Å²) < 4.78 is 0. The van der Waals surface area contributed by atoms with E-state index >= 15 is 0 Å². The second kappa shape index (κ2) is 4.11. The van der Waals surface area contributed by atoms with Crippen LogP contribution >= 0.6 is 0 Å². The van der Waals surface area contributed by atoms with Crippen LogP contribution in [0.5, 0.6) is 0 Å². The Labute approximate surface area is 113 Å². The summed E-state index contributed by atoms with van der Waals surface area (Å²) in [4.78, 5) is 10.9. The van der Waals surface area contributed by atoms with Crippen molar-refractivity contribution >= 4 is 17.1 Å². The first kappa shape index (κ1) is 13.6. The lowest BCUT2D eigenvalue weighted by Gasteiger charge is -2.22. The third-order valence-electron chi connectivity index (χ3n) is 3.64. The molecule has 0 atom stereocenters. The monoisotopic (exact) mass is 263 g/mol. The maximum atomic E-state index is 11.3. The molecular formula is C14H21N3O2. The van der Waals surface area contributed by atoms with Crippen LogP contribution in [0.1, 0.15) is 46.1 Å². The van der Waals surface area contributed by atoms with Gasteiger partial charge in [-0.2, -0.15) is 0 Å². The number of nitrogens with zero attached hydrogens (tertiary/aromatic N) is 1. The van der Waals surface area contributed by atoms with Gasteiger partial charge in [0.1, 0.15) is 5.69 Å². The first-order chi connectivity index (χ1) is 8.62. The molecule has 0 aromatic heterocycles. The number of nitro benzene ring substituents is 1. The largest absolute Gasteiger partial charge is 0.397 e. The minimum atomic E-state index is -0.361. The van der Waals surface area contributed by atoms with E-state index in [-0.39, 0.29) is 21.6 Å². The lowest BCUT2D eigenvalue weighted by molar-refractivity contribution is -0.384. The van der Waals surface area contributed by atoms with Crippen LogP contribution in [-0.4, -0.2) is 10.5 Å². The van der Waals surface area contributed by atoms with Crippen molar-refractivity contribution < 1.29 is 4.92 Å². The zero-order chi connectivity index (χ0) is 14.4. The van der Waals surface area contributed by atoms with Crippen molar-refractivity contribution in [3.8, 4) is 0 Å². The highest BCUT2D eigenvalue weighted by Gasteiger charge is 2.39. The molecule has 1 aliphatic rings. The zero-order valence-electron chi connectivity index (χ0n) is 11.9. The highest BCUT2D eigenvalue weighted by Crippen LogP contribution is 2.44. The molecule has 19 heavy (non-hydrogen) atoms. The van der Waals surface area contributed by atoms with Crippen molar-refractivity contribution in [1.82, 2.24) is 0 Å². The number of rotatable bonds is 3. The van der Waals surface area contributed by atoms with Gasteiger partial charge in [0, 0.05) is 11.6 Å². The van der Waals surface area contributed by atoms with Crippen molar-refractivity contribution in [3.05, 3.63) is 27.8 Å². The number of nitro groups is 1. The molecule has 0 saturated heterocycles. The van der Waals surface area contributed by atoms with Crippen molar-refractivity contribution in [2.24, 2.45) is 0 Å². The van der Waals surface area contributed by atoms with Crippen LogP contribution in [-0.2, 0) is 5.41 Å². The smallest absolute Gasteiger partial charge is 0.294 e.